The minimum atomic E-state index is -1.10. The Kier molecular flexibility index (Phi) is 23.9. The fourth-order valence-electron chi connectivity index (χ4n) is 9.55. The number of hydrogen-bond acceptors (Lipinski definition) is 11. The highest BCUT2D eigenvalue weighted by molar-refractivity contribution is 4.99. The van der Waals surface area contributed by atoms with Crippen molar-refractivity contribution in [1.29, 1.82) is 0 Å². The fraction of sp³-hybridized carbons (Fsp3) is 1.00. The van der Waals surface area contributed by atoms with Crippen LogP contribution in [0.2, 0.25) is 0 Å². The quantitative estimate of drug-likeness (QED) is 0.0394. The Morgan fingerprint density at radius 1 is 0.436 bits per heavy atom. The third-order valence-corrected chi connectivity index (χ3v) is 12.3. The first-order valence-electron chi connectivity index (χ1n) is 22.3. The van der Waals surface area contributed by atoms with Gasteiger partial charge in [0.25, 0.3) is 0 Å². The molecule has 2 heterocycles. The summed E-state index contributed by atoms with van der Waals surface area (Å²) >= 11 is 0. The van der Waals surface area contributed by atoms with Crippen LogP contribution in [0.5, 0.6) is 0 Å². The summed E-state index contributed by atoms with van der Waals surface area (Å²) in [6.07, 6.45) is 7.07. The second kappa shape index (κ2) is 25.9. The fourth-order valence-corrected chi connectivity index (χ4v) is 9.55. The number of hydrogen-bond donors (Lipinski definition) is 8. The van der Waals surface area contributed by atoms with Crippen molar-refractivity contribution < 1.29 is 55.1 Å². The van der Waals surface area contributed by atoms with Crippen LogP contribution in [0, 0.1) is 29.6 Å². The lowest BCUT2D eigenvalue weighted by molar-refractivity contribution is -0.362. The average Bonchev–Trinajstić information content (AvgIpc) is 3.34. The molecule has 0 bridgehead atoms. The Balaban J connectivity index is 2.77. The van der Waals surface area contributed by atoms with Gasteiger partial charge in [-0.25, -0.2) is 0 Å². The maximum absolute atomic E-state index is 10.8. The van der Waals surface area contributed by atoms with E-state index in [-0.39, 0.29) is 41.8 Å². The molecule has 0 radical (unpaired) electrons. The lowest BCUT2D eigenvalue weighted by Crippen LogP contribution is -2.54. The molecule has 2 rings (SSSR count). The summed E-state index contributed by atoms with van der Waals surface area (Å²) in [7, 11) is 0. The van der Waals surface area contributed by atoms with E-state index in [9.17, 15) is 40.9 Å². The topological polar surface area (TPSA) is 190 Å². The molecule has 0 aromatic carbocycles. The molecule has 2 fully saturated rings. The predicted molar refractivity (Wildman–Crippen MR) is 216 cm³/mol. The van der Waals surface area contributed by atoms with Gasteiger partial charge < -0.3 is 55.1 Å². The van der Waals surface area contributed by atoms with Gasteiger partial charge in [-0.15, -0.1) is 0 Å². The van der Waals surface area contributed by atoms with Crippen molar-refractivity contribution in [2.75, 3.05) is 0 Å². The molecule has 2 aliphatic rings. The predicted octanol–water partition coefficient (Wildman–Crippen LogP) is 6.36. The van der Waals surface area contributed by atoms with E-state index in [0.717, 1.165) is 25.7 Å². The molecule has 0 aromatic heterocycles. The standard InChI is InChI=1S/C44H86O11/c1-28(45)13-9-10-26-44(40(25-21-34(7)51)38(24-20-33(6)50)42(54-44)17-12-15-30(3)47)55-43-37(23-19-32(5)49)36(22-18-31(4)48)39(27-35(8)52)41(53-43)16-11-14-29(2)46/h28-43,45-52H,9-27H2,1-8H3. The molecular formula is C44H86O11. The van der Waals surface area contributed by atoms with E-state index < -0.39 is 60.9 Å². The summed E-state index contributed by atoms with van der Waals surface area (Å²) in [6, 6.07) is 0. The molecule has 55 heavy (non-hydrogen) atoms. The summed E-state index contributed by atoms with van der Waals surface area (Å²) in [5.41, 5.74) is 0. The first kappa shape index (κ1) is 50.7. The number of aliphatic hydroxyl groups excluding tert-OH is 8. The Morgan fingerprint density at radius 2 is 0.873 bits per heavy atom. The van der Waals surface area contributed by atoms with Crippen LogP contribution in [0.15, 0.2) is 0 Å². The molecule has 328 valence electrons. The number of ether oxygens (including phenoxy) is 3. The van der Waals surface area contributed by atoms with Crippen molar-refractivity contribution in [2.24, 2.45) is 29.6 Å². The Morgan fingerprint density at radius 3 is 1.36 bits per heavy atom. The third-order valence-electron chi connectivity index (χ3n) is 12.3. The van der Waals surface area contributed by atoms with E-state index in [1.54, 1.807) is 55.4 Å². The molecule has 2 saturated heterocycles. The van der Waals surface area contributed by atoms with Crippen LogP contribution in [-0.4, -0.2) is 114 Å². The lowest BCUT2D eigenvalue weighted by atomic mass is 9.68. The summed E-state index contributed by atoms with van der Waals surface area (Å²) < 4.78 is 22.0. The summed E-state index contributed by atoms with van der Waals surface area (Å²) in [5.74, 6) is -1.41. The van der Waals surface area contributed by atoms with Gasteiger partial charge in [0.2, 0.25) is 0 Å². The zero-order chi connectivity index (χ0) is 41.3. The van der Waals surface area contributed by atoms with Crippen LogP contribution in [0.1, 0.15) is 177 Å². The zero-order valence-electron chi connectivity index (χ0n) is 36.0. The highest BCUT2D eigenvalue weighted by Crippen LogP contribution is 2.54. The zero-order valence-corrected chi connectivity index (χ0v) is 36.0. The van der Waals surface area contributed by atoms with Crippen LogP contribution in [0.3, 0.4) is 0 Å². The van der Waals surface area contributed by atoms with Gasteiger partial charge in [-0.2, -0.15) is 0 Å². The minimum Gasteiger partial charge on any atom is -0.393 e. The van der Waals surface area contributed by atoms with Gasteiger partial charge in [0.15, 0.2) is 12.1 Å². The van der Waals surface area contributed by atoms with E-state index in [1.165, 1.54) is 0 Å². The van der Waals surface area contributed by atoms with Crippen LogP contribution in [0.25, 0.3) is 0 Å². The summed E-state index contributed by atoms with van der Waals surface area (Å²) in [6.45, 7) is 14.4. The highest BCUT2D eigenvalue weighted by Gasteiger charge is 2.57. The van der Waals surface area contributed by atoms with Crippen LogP contribution in [-0.2, 0) is 14.2 Å². The molecule has 8 N–H and O–H groups in total. The smallest absolute Gasteiger partial charge is 0.174 e. The lowest BCUT2D eigenvalue weighted by Gasteiger charge is -2.51. The van der Waals surface area contributed by atoms with Crippen molar-refractivity contribution in [2.45, 2.75) is 251 Å². The third kappa shape index (κ3) is 18.6. The molecule has 11 heteroatoms. The molecule has 17 unspecified atom stereocenters. The SMILES string of the molecule is CC(O)CCCCC1(OC2OC(CCCC(C)O)C(CC(C)O)C(CCC(C)O)C2CCC(C)O)OC(CCCC(C)O)C(CCC(C)O)C1CCC(C)O. The largest absolute Gasteiger partial charge is 0.393 e. The van der Waals surface area contributed by atoms with Gasteiger partial charge >= 0.3 is 0 Å². The van der Waals surface area contributed by atoms with E-state index in [4.69, 9.17) is 14.2 Å². The Hall–Kier alpha value is -0.440. The monoisotopic (exact) mass is 791 g/mol. The van der Waals surface area contributed by atoms with Crippen LogP contribution < -0.4 is 0 Å². The number of aliphatic hydroxyl groups is 8. The normalized spacial score (nSPS) is 33.2. The Bertz CT molecular complexity index is 973. The first-order valence-corrected chi connectivity index (χ1v) is 22.3. The highest BCUT2D eigenvalue weighted by atomic mass is 16.8. The molecule has 0 saturated carbocycles. The minimum absolute atomic E-state index is 0.00993. The summed E-state index contributed by atoms with van der Waals surface area (Å²) in [4.78, 5) is 0. The average molecular weight is 791 g/mol. The van der Waals surface area contributed by atoms with Crippen molar-refractivity contribution >= 4 is 0 Å². The second-order valence-corrected chi connectivity index (χ2v) is 18.3. The molecule has 0 aromatic rings. The van der Waals surface area contributed by atoms with Crippen LogP contribution >= 0.6 is 0 Å². The van der Waals surface area contributed by atoms with E-state index >= 15 is 0 Å². The van der Waals surface area contributed by atoms with E-state index in [0.29, 0.717) is 96.3 Å². The van der Waals surface area contributed by atoms with Gasteiger partial charge in [-0.3, -0.25) is 0 Å². The Labute approximate surface area is 334 Å². The van der Waals surface area contributed by atoms with Gasteiger partial charge in [0, 0.05) is 18.3 Å². The molecule has 0 amide bonds. The summed E-state index contributed by atoms with van der Waals surface area (Å²) in [5, 5.41) is 83.6. The molecule has 0 spiro atoms. The number of unbranched alkanes of at least 4 members (excludes halogenated alkanes) is 1. The van der Waals surface area contributed by atoms with E-state index in [1.807, 2.05) is 0 Å². The van der Waals surface area contributed by atoms with Gasteiger partial charge in [0.05, 0.1) is 61.0 Å². The van der Waals surface area contributed by atoms with Gasteiger partial charge in [0.1, 0.15) is 0 Å². The van der Waals surface area contributed by atoms with Gasteiger partial charge in [-0.05, 0) is 182 Å². The van der Waals surface area contributed by atoms with Gasteiger partial charge in [-0.1, -0.05) is 6.42 Å². The second-order valence-electron chi connectivity index (χ2n) is 18.3. The van der Waals surface area contributed by atoms with Crippen molar-refractivity contribution in [3.63, 3.8) is 0 Å². The van der Waals surface area contributed by atoms with Crippen molar-refractivity contribution in [3.8, 4) is 0 Å². The van der Waals surface area contributed by atoms with Crippen molar-refractivity contribution in [3.05, 3.63) is 0 Å². The van der Waals surface area contributed by atoms with Crippen molar-refractivity contribution in [1.82, 2.24) is 0 Å². The molecule has 0 aliphatic carbocycles. The number of rotatable bonds is 29. The van der Waals surface area contributed by atoms with E-state index in [2.05, 4.69) is 0 Å². The maximum Gasteiger partial charge on any atom is 0.174 e. The maximum atomic E-state index is 10.8. The van der Waals surface area contributed by atoms with Crippen LogP contribution in [0.4, 0.5) is 0 Å². The first-order chi connectivity index (χ1) is 25.8. The molecule has 11 nitrogen and oxygen atoms in total. The molecular weight excluding hydrogens is 704 g/mol. The molecule has 2 aliphatic heterocycles. The molecule has 17 atom stereocenters.